The minimum Gasteiger partial charge on any atom is -0.373 e. The highest BCUT2D eigenvalue weighted by atomic mass is 15.2. The fourth-order valence-corrected chi connectivity index (χ4v) is 1.02. The maximum absolute atomic E-state index is 8.44. The zero-order valence-electron chi connectivity index (χ0n) is 8.36. The van der Waals surface area contributed by atoms with Crippen LogP contribution in [0.1, 0.15) is 6.42 Å². The van der Waals surface area contributed by atoms with Crippen LogP contribution in [0, 0.1) is 11.3 Å². The van der Waals surface area contributed by atoms with Gasteiger partial charge in [-0.3, -0.25) is 0 Å². The summed E-state index contributed by atoms with van der Waals surface area (Å²) in [6.45, 7) is 0.677. The second-order valence-corrected chi connectivity index (χ2v) is 2.84. The summed E-state index contributed by atoms with van der Waals surface area (Å²) >= 11 is 0. The van der Waals surface area contributed by atoms with Gasteiger partial charge in [0.15, 0.2) is 0 Å². The highest BCUT2D eigenvalue weighted by Crippen LogP contribution is 2.11. The zero-order chi connectivity index (χ0) is 10.4. The van der Waals surface area contributed by atoms with Crippen molar-refractivity contribution in [2.45, 2.75) is 6.42 Å². The molecule has 0 aliphatic heterocycles. The first kappa shape index (κ1) is 10.3. The van der Waals surface area contributed by atoms with E-state index in [2.05, 4.69) is 21.4 Å². The van der Waals surface area contributed by atoms with Crippen LogP contribution in [0.5, 0.6) is 0 Å². The van der Waals surface area contributed by atoms with Gasteiger partial charge in [-0.15, -0.1) is 0 Å². The molecule has 0 unspecified atom stereocenters. The van der Waals surface area contributed by atoms with E-state index in [4.69, 9.17) is 5.26 Å². The van der Waals surface area contributed by atoms with Crippen molar-refractivity contribution in [3.63, 3.8) is 0 Å². The molecule has 74 valence electrons. The number of nitrogens with zero attached hydrogens (tertiary/aromatic N) is 4. The molecule has 5 nitrogen and oxygen atoms in total. The Labute approximate surface area is 83.4 Å². The smallest absolute Gasteiger partial charge is 0.133 e. The number of hydrogen-bond donors (Lipinski definition) is 1. The van der Waals surface area contributed by atoms with Gasteiger partial charge in [0.2, 0.25) is 0 Å². The molecule has 0 fully saturated rings. The summed E-state index contributed by atoms with van der Waals surface area (Å²) in [5.74, 6) is 1.60. The third kappa shape index (κ3) is 2.59. The lowest BCUT2D eigenvalue weighted by Gasteiger charge is -2.16. The van der Waals surface area contributed by atoms with Crippen LogP contribution in [0.25, 0.3) is 0 Å². The molecule has 0 saturated heterocycles. The SMILES string of the molecule is CNc1cc(N(C)CCC#N)ncn1. The minimum atomic E-state index is 0.495. The third-order valence-corrected chi connectivity index (χ3v) is 1.86. The Hall–Kier alpha value is -1.83. The number of nitrogens with one attached hydrogen (secondary N) is 1. The van der Waals surface area contributed by atoms with Crippen LogP contribution >= 0.6 is 0 Å². The number of hydrogen-bond acceptors (Lipinski definition) is 5. The van der Waals surface area contributed by atoms with E-state index in [1.165, 1.54) is 6.33 Å². The van der Waals surface area contributed by atoms with Crippen LogP contribution in [0.3, 0.4) is 0 Å². The topological polar surface area (TPSA) is 64.8 Å². The Kier molecular flexibility index (Phi) is 3.68. The van der Waals surface area contributed by atoms with Crippen molar-refractivity contribution in [3.8, 4) is 6.07 Å². The van der Waals surface area contributed by atoms with Gasteiger partial charge < -0.3 is 10.2 Å². The molecule has 0 spiro atoms. The molecule has 14 heavy (non-hydrogen) atoms. The molecule has 0 radical (unpaired) electrons. The Balaban J connectivity index is 2.70. The summed E-state index contributed by atoms with van der Waals surface area (Å²) in [5, 5.41) is 11.4. The largest absolute Gasteiger partial charge is 0.373 e. The summed E-state index contributed by atoms with van der Waals surface area (Å²) in [4.78, 5) is 10.0. The first-order chi connectivity index (χ1) is 6.77. The van der Waals surface area contributed by atoms with Crippen molar-refractivity contribution in [2.24, 2.45) is 0 Å². The van der Waals surface area contributed by atoms with Crippen molar-refractivity contribution in [1.82, 2.24) is 9.97 Å². The molecule has 0 saturated carbocycles. The van der Waals surface area contributed by atoms with Crippen LogP contribution in [-0.2, 0) is 0 Å². The molecule has 0 aliphatic carbocycles. The van der Waals surface area contributed by atoms with E-state index in [1.807, 2.05) is 18.0 Å². The molecule has 1 heterocycles. The standard InChI is InChI=1S/C9H13N5/c1-11-8-6-9(13-7-12-8)14(2)5-3-4-10/h6-7H,3,5H2,1-2H3,(H,11,12,13). The predicted molar refractivity (Wildman–Crippen MR) is 55.1 cm³/mol. The molecule has 1 aromatic heterocycles. The van der Waals surface area contributed by atoms with E-state index in [0.29, 0.717) is 13.0 Å². The van der Waals surface area contributed by atoms with Gasteiger partial charge in [0.1, 0.15) is 18.0 Å². The number of nitriles is 1. The average molecular weight is 191 g/mol. The minimum absolute atomic E-state index is 0.495. The Morgan fingerprint density at radius 1 is 1.57 bits per heavy atom. The summed E-state index contributed by atoms with van der Waals surface area (Å²) < 4.78 is 0. The number of aromatic nitrogens is 2. The summed E-state index contributed by atoms with van der Waals surface area (Å²) in [6.07, 6.45) is 2.00. The van der Waals surface area contributed by atoms with Crippen molar-refractivity contribution in [3.05, 3.63) is 12.4 Å². The normalized spacial score (nSPS) is 9.21. The number of anilines is 2. The highest BCUT2D eigenvalue weighted by Gasteiger charge is 2.02. The highest BCUT2D eigenvalue weighted by molar-refractivity contribution is 5.47. The van der Waals surface area contributed by atoms with Crippen molar-refractivity contribution >= 4 is 11.6 Å². The molecule has 1 rings (SSSR count). The molecule has 1 N–H and O–H groups in total. The summed E-state index contributed by atoms with van der Waals surface area (Å²) in [6, 6.07) is 3.94. The van der Waals surface area contributed by atoms with Crippen LogP contribution in [0.4, 0.5) is 11.6 Å². The summed E-state index contributed by atoms with van der Waals surface area (Å²) in [5.41, 5.74) is 0. The van der Waals surface area contributed by atoms with Gasteiger partial charge in [-0.1, -0.05) is 0 Å². The van der Waals surface area contributed by atoms with E-state index in [-0.39, 0.29) is 0 Å². The molecule has 0 bridgehead atoms. The van der Waals surface area contributed by atoms with Crippen molar-refractivity contribution in [1.29, 1.82) is 5.26 Å². The van der Waals surface area contributed by atoms with Crippen LogP contribution < -0.4 is 10.2 Å². The monoisotopic (exact) mass is 191 g/mol. The molecular weight excluding hydrogens is 178 g/mol. The van der Waals surface area contributed by atoms with Crippen LogP contribution in [-0.4, -0.2) is 30.6 Å². The van der Waals surface area contributed by atoms with Gasteiger partial charge in [0, 0.05) is 26.7 Å². The van der Waals surface area contributed by atoms with Gasteiger partial charge in [-0.25, -0.2) is 9.97 Å². The summed E-state index contributed by atoms with van der Waals surface area (Å²) in [7, 11) is 3.71. The Morgan fingerprint density at radius 2 is 2.36 bits per heavy atom. The molecule has 0 amide bonds. The van der Waals surface area contributed by atoms with Gasteiger partial charge in [-0.05, 0) is 0 Å². The van der Waals surface area contributed by atoms with Crippen molar-refractivity contribution < 1.29 is 0 Å². The number of rotatable bonds is 4. The molecule has 0 aliphatic rings. The first-order valence-electron chi connectivity index (χ1n) is 4.36. The predicted octanol–water partition coefficient (Wildman–Crippen LogP) is 0.868. The molecule has 1 aromatic rings. The van der Waals surface area contributed by atoms with E-state index in [0.717, 1.165) is 11.6 Å². The maximum atomic E-state index is 8.44. The first-order valence-corrected chi connectivity index (χ1v) is 4.36. The third-order valence-electron chi connectivity index (χ3n) is 1.86. The van der Waals surface area contributed by atoms with E-state index in [1.54, 1.807) is 7.05 Å². The second kappa shape index (κ2) is 5.02. The molecular formula is C9H13N5. The average Bonchev–Trinajstić information content (AvgIpc) is 2.26. The Morgan fingerprint density at radius 3 is 3.00 bits per heavy atom. The van der Waals surface area contributed by atoms with E-state index < -0.39 is 0 Å². The van der Waals surface area contributed by atoms with Crippen molar-refractivity contribution in [2.75, 3.05) is 30.9 Å². The van der Waals surface area contributed by atoms with E-state index >= 15 is 0 Å². The van der Waals surface area contributed by atoms with Crippen LogP contribution in [0.2, 0.25) is 0 Å². The van der Waals surface area contributed by atoms with Gasteiger partial charge >= 0.3 is 0 Å². The lowest BCUT2D eigenvalue weighted by atomic mass is 10.4. The van der Waals surface area contributed by atoms with E-state index in [9.17, 15) is 0 Å². The lowest BCUT2D eigenvalue weighted by Crippen LogP contribution is -2.19. The zero-order valence-corrected chi connectivity index (χ0v) is 8.36. The van der Waals surface area contributed by atoms with Gasteiger partial charge in [-0.2, -0.15) is 5.26 Å². The fraction of sp³-hybridized carbons (Fsp3) is 0.444. The molecule has 5 heteroatoms. The maximum Gasteiger partial charge on any atom is 0.133 e. The molecule has 0 atom stereocenters. The Bertz CT molecular complexity index is 330. The van der Waals surface area contributed by atoms with Gasteiger partial charge in [0.05, 0.1) is 12.5 Å². The lowest BCUT2D eigenvalue weighted by molar-refractivity contribution is 0.880. The van der Waals surface area contributed by atoms with Crippen LogP contribution in [0.15, 0.2) is 12.4 Å². The quantitative estimate of drug-likeness (QED) is 0.765. The van der Waals surface area contributed by atoms with Gasteiger partial charge in [0.25, 0.3) is 0 Å². The fourth-order valence-electron chi connectivity index (χ4n) is 1.02. The second-order valence-electron chi connectivity index (χ2n) is 2.84. The molecule has 0 aromatic carbocycles.